The van der Waals surface area contributed by atoms with E-state index in [2.05, 4.69) is 5.32 Å². The van der Waals surface area contributed by atoms with Crippen LogP contribution in [0.2, 0.25) is 0 Å². The van der Waals surface area contributed by atoms with Crippen LogP contribution in [0.15, 0.2) is 42.0 Å². The number of carbonyl (C=O) groups is 2. The molecule has 0 saturated heterocycles. The van der Waals surface area contributed by atoms with E-state index in [4.69, 9.17) is 18.9 Å². The number of carbonyl (C=O) groups excluding carboxylic acids is 2. The van der Waals surface area contributed by atoms with Gasteiger partial charge in [0.1, 0.15) is 11.6 Å². The third-order valence-electron chi connectivity index (χ3n) is 5.63. The molecule has 3 rings (SSSR count). The van der Waals surface area contributed by atoms with Crippen LogP contribution in [0, 0.1) is 11.3 Å². The lowest BCUT2D eigenvalue weighted by Crippen LogP contribution is -2.36. The first-order chi connectivity index (χ1) is 16.5. The Morgan fingerprint density at radius 1 is 0.912 bits per heavy atom. The van der Waals surface area contributed by atoms with Crippen LogP contribution in [-0.4, -0.2) is 39.2 Å². The van der Waals surface area contributed by atoms with E-state index >= 15 is 0 Å². The number of ether oxygens (including phenoxy) is 4. The minimum atomic E-state index is -0.605. The number of rotatable bonds is 8. The summed E-state index contributed by atoms with van der Waals surface area (Å²) in [5.41, 5.74) is 0.843. The van der Waals surface area contributed by atoms with Crippen LogP contribution in [0.4, 0.5) is 0 Å². The molecule has 1 aliphatic rings. The molecule has 0 heterocycles. The molecule has 2 aromatic carbocycles. The predicted molar refractivity (Wildman–Crippen MR) is 126 cm³/mol. The van der Waals surface area contributed by atoms with Crippen LogP contribution in [-0.2, 0) is 4.79 Å². The van der Waals surface area contributed by atoms with Crippen LogP contribution < -0.4 is 24.3 Å². The summed E-state index contributed by atoms with van der Waals surface area (Å²) in [4.78, 5) is 25.2. The Balaban J connectivity index is 1.76. The number of nitriles is 1. The molecule has 8 nitrogen and oxygen atoms in total. The number of amides is 1. The van der Waals surface area contributed by atoms with E-state index in [9.17, 15) is 14.9 Å². The maximum atomic E-state index is 12.7. The van der Waals surface area contributed by atoms with E-state index in [1.54, 1.807) is 30.3 Å². The third-order valence-corrected chi connectivity index (χ3v) is 5.63. The molecule has 0 radical (unpaired) electrons. The number of hydrogen-bond donors (Lipinski definition) is 1. The number of nitrogens with one attached hydrogen (secondary N) is 1. The molecular formula is C26H28N2O6. The van der Waals surface area contributed by atoms with E-state index in [1.165, 1.54) is 39.9 Å². The summed E-state index contributed by atoms with van der Waals surface area (Å²) >= 11 is 0. The van der Waals surface area contributed by atoms with E-state index < -0.39 is 11.9 Å². The maximum Gasteiger partial charge on any atom is 0.343 e. The number of nitrogens with zero attached hydrogens (tertiary/aromatic N) is 1. The number of benzene rings is 2. The van der Waals surface area contributed by atoms with Crippen LogP contribution in [0.5, 0.6) is 23.0 Å². The zero-order valence-corrected chi connectivity index (χ0v) is 19.6. The second kappa shape index (κ2) is 11.8. The molecule has 0 spiro atoms. The smallest absolute Gasteiger partial charge is 0.343 e. The van der Waals surface area contributed by atoms with Gasteiger partial charge >= 0.3 is 5.97 Å². The van der Waals surface area contributed by atoms with Crippen molar-refractivity contribution in [2.75, 3.05) is 21.3 Å². The van der Waals surface area contributed by atoms with Gasteiger partial charge in [-0.15, -0.1) is 0 Å². The highest BCUT2D eigenvalue weighted by Gasteiger charge is 2.19. The SMILES string of the molecule is COc1ccc(C(=O)Oc2ccc(C=C(C#N)C(=O)NC3CCCCC3)cc2OC)cc1OC. The van der Waals surface area contributed by atoms with Crippen molar-refractivity contribution >= 4 is 18.0 Å². The number of methoxy groups -OCH3 is 3. The highest BCUT2D eigenvalue weighted by Crippen LogP contribution is 2.32. The van der Waals surface area contributed by atoms with Crippen molar-refractivity contribution in [1.29, 1.82) is 5.26 Å². The lowest BCUT2D eigenvalue weighted by molar-refractivity contribution is -0.117. The highest BCUT2D eigenvalue weighted by atomic mass is 16.6. The Hall–Kier alpha value is -3.99. The molecule has 1 amide bonds. The first-order valence-electron chi connectivity index (χ1n) is 11.0. The zero-order chi connectivity index (χ0) is 24.5. The summed E-state index contributed by atoms with van der Waals surface area (Å²) < 4.78 is 21.3. The highest BCUT2D eigenvalue weighted by molar-refractivity contribution is 6.02. The van der Waals surface area contributed by atoms with Crippen LogP contribution in [0.25, 0.3) is 6.08 Å². The van der Waals surface area contributed by atoms with Crippen molar-refractivity contribution in [1.82, 2.24) is 5.32 Å². The molecule has 0 unspecified atom stereocenters. The van der Waals surface area contributed by atoms with E-state index in [0.29, 0.717) is 17.1 Å². The summed E-state index contributed by atoms with van der Waals surface area (Å²) in [5, 5.41) is 12.4. The fourth-order valence-corrected chi connectivity index (χ4v) is 3.81. The lowest BCUT2D eigenvalue weighted by Gasteiger charge is -2.22. The molecule has 8 heteroatoms. The minimum Gasteiger partial charge on any atom is -0.493 e. The Morgan fingerprint density at radius 3 is 2.21 bits per heavy atom. The van der Waals surface area contributed by atoms with Crippen molar-refractivity contribution < 1.29 is 28.5 Å². The topological polar surface area (TPSA) is 107 Å². The van der Waals surface area contributed by atoms with Gasteiger partial charge in [0.2, 0.25) is 0 Å². The van der Waals surface area contributed by atoms with Crippen molar-refractivity contribution in [3.05, 3.63) is 53.1 Å². The second-order valence-electron chi connectivity index (χ2n) is 7.85. The second-order valence-corrected chi connectivity index (χ2v) is 7.85. The first kappa shape index (κ1) is 24.6. The summed E-state index contributed by atoms with van der Waals surface area (Å²) in [7, 11) is 4.43. The molecule has 0 atom stereocenters. The zero-order valence-electron chi connectivity index (χ0n) is 19.6. The largest absolute Gasteiger partial charge is 0.493 e. The fourth-order valence-electron chi connectivity index (χ4n) is 3.81. The quantitative estimate of drug-likeness (QED) is 0.269. The van der Waals surface area contributed by atoms with Crippen LogP contribution >= 0.6 is 0 Å². The summed E-state index contributed by atoms with van der Waals surface area (Å²) in [5.74, 6) is 0.384. The van der Waals surface area contributed by atoms with Gasteiger partial charge < -0.3 is 24.3 Å². The monoisotopic (exact) mass is 464 g/mol. The van der Waals surface area contributed by atoms with Gasteiger partial charge in [0, 0.05) is 6.04 Å². The Bertz CT molecular complexity index is 1110. The molecule has 34 heavy (non-hydrogen) atoms. The minimum absolute atomic E-state index is 0.00250. The van der Waals surface area contributed by atoms with Gasteiger partial charge in [-0.05, 0) is 54.8 Å². The predicted octanol–water partition coefficient (Wildman–Crippen LogP) is 4.29. The van der Waals surface area contributed by atoms with Gasteiger partial charge in [-0.2, -0.15) is 5.26 Å². The summed E-state index contributed by atoms with van der Waals surface area (Å²) in [6.45, 7) is 0. The fraction of sp³-hybridized carbons (Fsp3) is 0.346. The Labute approximate surface area is 199 Å². The normalized spacial score (nSPS) is 14.0. The van der Waals surface area contributed by atoms with Crippen LogP contribution in [0.3, 0.4) is 0 Å². The van der Waals surface area contributed by atoms with Crippen molar-refractivity contribution in [3.63, 3.8) is 0 Å². The molecular weight excluding hydrogens is 436 g/mol. The summed E-state index contributed by atoms with van der Waals surface area (Å²) in [6, 6.07) is 11.6. The standard InChI is InChI=1S/C26H28N2O6/c1-31-21-12-10-18(15-24(21)33-3)26(30)34-22-11-9-17(14-23(22)32-2)13-19(16-27)25(29)28-20-7-5-4-6-8-20/h9-15,20H,4-8H2,1-3H3,(H,28,29). The lowest BCUT2D eigenvalue weighted by atomic mass is 9.95. The van der Waals surface area contributed by atoms with E-state index in [-0.39, 0.29) is 28.7 Å². The molecule has 1 fully saturated rings. The molecule has 0 aromatic heterocycles. The van der Waals surface area contributed by atoms with Gasteiger partial charge in [-0.1, -0.05) is 25.3 Å². The molecule has 0 aliphatic heterocycles. The molecule has 178 valence electrons. The van der Waals surface area contributed by atoms with Gasteiger partial charge in [0.15, 0.2) is 23.0 Å². The average molecular weight is 465 g/mol. The van der Waals surface area contributed by atoms with Crippen molar-refractivity contribution in [2.45, 2.75) is 38.1 Å². The Morgan fingerprint density at radius 2 is 1.56 bits per heavy atom. The molecule has 1 N–H and O–H groups in total. The molecule has 0 bridgehead atoms. The van der Waals surface area contributed by atoms with E-state index in [0.717, 1.165) is 25.7 Å². The summed E-state index contributed by atoms with van der Waals surface area (Å²) in [6.07, 6.45) is 6.68. The van der Waals surface area contributed by atoms with Gasteiger partial charge in [-0.25, -0.2) is 4.79 Å². The van der Waals surface area contributed by atoms with Gasteiger partial charge in [-0.3, -0.25) is 4.79 Å². The average Bonchev–Trinajstić information content (AvgIpc) is 2.87. The molecule has 2 aromatic rings. The van der Waals surface area contributed by atoms with E-state index in [1.807, 2.05) is 6.07 Å². The third kappa shape index (κ3) is 6.07. The first-order valence-corrected chi connectivity index (χ1v) is 11.0. The number of hydrogen-bond acceptors (Lipinski definition) is 7. The van der Waals surface area contributed by atoms with Gasteiger partial charge in [0.05, 0.1) is 26.9 Å². The Kier molecular flexibility index (Phi) is 8.52. The maximum absolute atomic E-state index is 12.7. The molecule has 1 aliphatic carbocycles. The van der Waals surface area contributed by atoms with Crippen LogP contribution in [0.1, 0.15) is 48.0 Å². The van der Waals surface area contributed by atoms with Crippen molar-refractivity contribution in [2.24, 2.45) is 0 Å². The number of esters is 1. The van der Waals surface area contributed by atoms with Gasteiger partial charge in [0.25, 0.3) is 5.91 Å². The molecule has 1 saturated carbocycles. The van der Waals surface area contributed by atoms with Crippen molar-refractivity contribution in [3.8, 4) is 29.1 Å².